The lowest BCUT2D eigenvalue weighted by molar-refractivity contribution is 0.610. The molecule has 5 heteroatoms. The van der Waals surface area contributed by atoms with E-state index in [4.69, 9.17) is 0 Å². The van der Waals surface area contributed by atoms with Gasteiger partial charge in [-0.05, 0) is 43.1 Å². The molecule has 2 rings (SSSR count). The summed E-state index contributed by atoms with van der Waals surface area (Å²) in [5, 5.41) is 7.30. The molecular weight excluding hydrogens is 231 g/mol. The van der Waals surface area contributed by atoms with Gasteiger partial charge in [0.05, 0.1) is 6.54 Å². The quantitative estimate of drug-likeness (QED) is 0.817. The number of rotatable bonds is 5. The van der Waals surface area contributed by atoms with Crippen LogP contribution in [0.25, 0.3) is 0 Å². The van der Waals surface area contributed by atoms with Gasteiger partial charge in [-0.25, -0.2) is 9.37 Å². The van der Waals surface area contributed by atoms with Crippen LogP contribution in [0.3, 0.4) is 0 Å². The smallest absolute Gasteiger partial charge is 0.140 e. The number of hydrogen-bond donors (Lipinski definition) is 1. The molecule has 0 atom stereocenters. The highest BCUT2D eigenvalue weighted by Crippen LogP contribution is 2.10. The molecule has 18 heavy (non-hydrogen) atoms. The Kier molecular flexibility index (Phi) is 4.04. The average Bonchev–Trinajstić information content (AvgIpc) is 2.73. The minimum absolute atomic E-state index is 0.178. The van der Waals surface area contributed by atoms with E-state index >= 15 is 0 Å². The Morgan fingerprint density at radius 3 is 2.89 bits per heavy atom. The first-order valence-electron chi connectivity index (χ1n) is 5.95. The minimum Gasteiger partial charge on any atom is -0.310 e. The van der Waals surface area contributed by atoms with Crippen molar-refractivity contribution in [3.8, 4) is 0 Å². The van der Waals surface area contributed by atoms with Crippen molar-refractivity contribution in [3.63, 3.8) is 0 Å². The highest BCUT2D eigenvalue weighted by molar-refractivity contribution is 5.26. The molecule has 0 aliphatic carbocycles. The molecule has 0 aliphatic heterocycles. The lowest BCUT2D eigenvalue weighted by atomic mass is 10.1. The molecule has 0 spiro atoms. The first-order valence-corrected chi connectivity index (χ1v) is 5.95. The molecule has 1 heterocycles. The zero-order valence-corrected chi connectivity index (χ0v) is 10.7. The highest BCUT2D eigenvalue weighted by atomic mass is 19.1. The third kappa shape index (κ3) is 3.13. The van der Waals surface area contributed by atoms with E-state index in [1.165, 1.54) is 11.6 Å². The van der Waals surface area contributed by atoms with Gasteiger partial charge >= 0.3 is 0 Å². The van der Waals surface area contributed by atoms with Crippen molar-refractivity contribution in [2.24, 2.45) is 7.05 Å². The average molecular weight is 248 g/mol. The summed E-state index contributed by atoms with van der Waals surface area (Å²) in [5.41, 5.74) is 2.16. The Bertz CT molecular complexity index is 521. The Balaban J connectivity index is 1.80. The molecule has 0 fully saturated rings. The summed E-state index contributed by atoms with van der Waals surface area (Å²) in [6, 6.07) is 4.91. The zero-order chi connectivity index (χ0) is 13.0. The van der Waals surface area contributed by atoms with Crippen LogP contribution >= 0.6 is 0 Å². The van der Waals surface area contributed by atoms with Gasteiger partial charge in [0, 0.05) is 7.05 Å². The summed E-state index contributed by atoms with van der Waals surface area (Å²) in [5.74, 6) is 0.731. The largest absolute Gasteiger partial charge is 0.310 e. The van der Waals surface area contributed by atoms with E-state index < -0.39 is 0 Å². The fourth-order valence-corrected chi connectivity index (χ4v) is 1.84. The molecule has 0 aliphatic rings. The number of benzene rings is 1. The van der Waals surface area contributed by atoms with Crippen LogP contribution in [0.4, 0.5) is 4.39 Å². The second kappa shape index (κ2) is 5.73. The van der Waals surface area contributed by atoms with Crippen LogP contribution < -0.4 is 5.32 Å². The number of halogens is 1. The standard InChI is InChI=1S/C13H17FN4/c1-10-7-12(14)4-3-11(10)5-6-15-8-13-16-9-17-18(13)2/h3-4,7,9,15H,5-6,8H2,1-2H3. The second-order valence-electron chi connectivity index (χ2n) is 4.30. The summed E-state index contributed by atoms with van der Waals surface area (Å²) >= 11 is 0. The maximum atomic E-state index is 12.9. The third-order valence-corrected chi connectivity index (χ3v) is 2.96. The Hall–Kier alpha value is -1.75. The summed E-state index contributed by atoms with van der Waals surface area (Å²) < 4.78 is 14.7. The molecule has 96 valence electrons. The Morgan fingerprint density at radius 1 is 1.39 bits per heavy atom. The molecule has 0 radical (unpaired) electrons. The summed E-state index contributed by atoms with van der Waals surface area (Å²) in [4.78, 5) is 4.13. The van der Waals surface area contributed by atoms with E-state index in [1.807, 2.05) is 20.0 Å². The van der Waals surface area contributed by atoms with E-state index in [2.05, 4.69) is 15.4 Å². The van der Waals surface area contributed by atoms with Gasteiger partial charge in [0.1, 0.15) is 18.0 Å². The lowest BCUT2D eigenvalue weighted by Crippen LogP contribution is -2.19. The number of aryl methyl sites for hydroxylation is 2. The maximum Gasteiger partial charge on any atom is 0.140 e. The molecule has 4 nitrogen and oxygen atoms in total. The van der Waals surface area contributed by atoms with Crippen molar-refractivity contribution in [1.82, 2.24) is 20.1 Å². The second-order valence-corrected chi connectivity index (χ2v) is 4.30. The van der Waals surface area contributed by atoms with Gasteiger partial charge in [0.15, 0.2) is 0 Å². The van der Waals surface area contributed by atoms with Gasteiger partial charge in [0.2, 0.25) is 0 Å². The van der Waals surface area contributed by atoms with Gasteiger partial charge in [-0.3, -0.25) is 4.68 Å². The summed E-state index contributed by atoms with van der Waals surface area (Å²) in [6.45, 7) is 3.46. The summed E-state index contributed by atoms with van der Waals surface area (Å²) in [6.07, 6.45) is 2.42. The topological polar surface area (TPSA) is 42.7 Å². The Labute approximate surface area is 106 Å². The zero-order valence-electron chi connectivity index (χ0n) is 10.7. The SMILES string of the molecule is Cc1cc(F)ccc1CCNCc1ncnn1C. The molecule has 1 aromatic carbocycles. The van der Waals surface area contributed by atoms with E-state index in [0.717, 1.165) is 24.4 Å². The van der Waals surface area contributed by atoms with Crippen LogP contribution in [-0.4, -0.2) is 21.3 Å². The molecule has 0 amide bonds. The van der Waals surface area contributed by atoms with Crippen LogP contribution in [0.5, 0.6) is 0 Å². The monoisotopic (exact) mass is 248 g/mol. The molecule has 0 bridgehead atoms. The predicted molar refractivity (Wildman–Crippen MR) is 67.6 cm³/mol. The van der Waals surface area contributed by atoms with Crippen molar-refractivity contribution < 1.29 is 4.39 Å². The van der Waals surface area contributed by atoms with E-state index in [-0.39, 0.29) is 5.82 Å². The molecule has 0 saturated heterocycles. The van der Waals surface area contributed by atoms with Crippen molar-refractivity contribution in [2.45, 2.75) is 19.9 Å². The van der Waals surface area contributed by atoms with Crippen LogP contribution in [0, 0.1) is 12.7 Å². The minimum atomic E-state index is -0.178. The van der Waals surface area contributed by atoms with Gasteiger partial charge in [-0.2, -0.15) is 5.10 Å². The predicted octanol–water partition coefficient (Wildman–Crippen LogP) is 1.59. The van der Waals surface area contributed by atoms with E-state index in [9.17, 15) is 4.39 Å². The van der Waals surface area contributed by atoms with Crippen molar-refractivity contribution in [2.75, 3.05) is 6.54 Å². The van der Waals surface area contributed by atoms with Crippen LogP contribution in [-0.2, 0) is 20.0 Å². The van der Waals surface area contributed by atoms with E-state index in [1.54, 1.807) is 17.1 Å². The summed E-state index contributed by atoms with van der Waals surface area (Å²) in [7, 11) is 1.87. The first kappa shape index (κ1) is 12.7. The van der Waals surface area contributed by atoms with Gasteiger partial charge < -0.3 is 5.32 Å². The number of nitrogens with zero attached hydrogens (tertiary/aromatic N) is 3. The highest BCUT2D eigenvalue weighted by Gasteiger charge is 2.01. The third-order valence-electron chi connectivity index (χ3n) is 2.96. The van der Waals surface area contributed by atoms with E-state index in [0.29, 0.717) is 6.54 Å². The molecule has 1 aromatic heterocycles. The molecule has 2 aromatic rings. The van der Waals surface area contributed by atoms with Crippen molar-refractivity contribution in [3.05, 3.63) is 47.3 Å². The van der Waals surface area contributed by atoms with Gasteiger partial charge in [-0.15, -0.1) is 0 Å². The van der Waals surface area contributed by atoms with Crippen LogP contribution in [0.15, 0.2) is 24.5 Å². The molecule has 1 N–H and O–H groups in total. The molecule has 0 unspecified atom stereocenters. The molecular formula is C13H17FN4. The number of hydrogen-bond acceptors (Lipinski definition) is 3. The number of aromatic nitrogens is 3. The number of nitrogens with one attached hydrogen (secondary N) is 1. The Morgan fingerprint density at radius 2 is 2.22 bits per heavy atom. The van der Waals surface area contributed by atoms with Gasteiger partial charge in [0.25, 0.3) is 0 Å². The van der Waals surface area contributed by atoms with Crippen LogP contribution in [0.1, 0.15) is 17.0 Å². The lowest BCUT2D eigenvalue weighted by Gasteiger charge is -2.07. The fourth-order valence-electron chi connectivity index (χ4n) is 1.84. The fraction of sp³-hybridized carbons (Fsp3) is 0.385. The van der Waals surface area contributed by atoms with Gasteiger partial charge in [-0.1, -0.05) is 6.07 Å². The van der Waals surface area contributed by atoms with Crippen molar-refractivity contribution in [1.29, 1.82) is 0 Å². The first-order chi connectivity index (χ1) is 8.66. The van der Waals surface area contributed by atoms with Crippen LogP contribution in [0.2, 0.25) is 0 Å². The maximum absolute atomic E-state index is 12.9. The molecule has 0 saturated carbocycles. The van der Waals surface area contributed by atoms with Crippen molar-refractivity contribution >= 4 is 0 Å². The normalized spacial score (nSPS) is 10.8.